The quantitative estimate of drug-likeness (QED) is 0.607. The number of hydrogen-bond acceptors (Lipinski definition) is 5. The Labute approximate surface area is 149 Å². The fourth-order valence-electron chi connectivity index (χ4n) is 2.82. The minimum absolute atomic E-state index is 0.183. The Bertz CT molecular complexity index is 1070. The highest BCUT2D eigenvalue weighted by atomic mass is 16.2. The molecule has 0 spiro atoms. The van der Waals surface area contributed by atoms with E-state index < -0.39 is 6.04 Å². The van der Waals surface area contributed by atoms with E-state index in [1.165, 1.54) is 0 Å². The van der Waals surface area contributed by atoms with E-state index in [1.807, 2.05) is 55.1 Å². The van der Waals surface area contributed by atoms with Crippen LogP contribution in [-0.4, -0.2) is 35.0 Å². The van der Waals surface area contributed by atoms with E-state index in [1.54, 1.807) is 22.9 Å². The van der Waals surface area contributed by atoms with Crippen LogP contribution >= 0.6 is 0 Å². The summed E-state index contributed by atoms with van der Waals surface area (Å²) >= 11 is 0. The first-order valence-corrected chi connectivity index (χ1v) is 8.15. The maximum atomic E-state index is 12.9. The van der Waals surface area contributed by atoms with Crippen LogP contribution in [0.15, 0.2) is 55.0 Å². The summed E-state index contributed by atoms with van der Waals surface area (Å²) in [6.07, 6.45) is 5.29. The van der Waals surface area contributed by atoms with Crippen LogP contribution < -0.4 is 5.32 Å². The van der Waals surface area contributed by atoms with Crippen molar-refractivity contribution in [3.63, 3.8) is 0 Å². The Morgan fingerprint density at radius 3 is 2.65 bits per heavy atom. The molecule has 1 atom stereocenters. The maximum Gasteiger partial charge on any atom is 0.290 e. The number of aromatic nitrogens is 6. The topological polar surface area (TPSA) is 90.0 Å². The first kappa shape index (κ1) is 15.9. The van der Waals surface area contributed by atoms with Crippen LogP contribution in [0.2, 0.25) is 0 Å². The fourth-order valence-corrected chi connectivity index (χ4v) is 2.82. The van der Waals surface area contributed by atoms with Gasteiger partial charge in [0.05, 0.1) is 0 Å². The van der Waals surface area contributed by atoms with Crippen molar-refractivity contribution in [1.29, 1.82) is 0 Å². The van der Waals surface area contributed by atoms with Gasteiger partial charge in [0.15, 0.2) is 0 Å². The number of imidazole rings is 1. The summed E-state index contributed by atoms with van der Waals surface area (Å²) in [6, 6.07) is 11.1. The molecular formula is C18H17N7O. The number of benzene rings is 1. The Hall–Kier alpha value is -3.55. The van der Waals surface area contributed by atoms with Gasteiger partial charge in [0.25, 0.3) is 11.7 Å². The fraction of sp³-hybridized carbons (Fsp3) is 0.167. The molecular weight excluding hydrogens is 330 g/mol. The molecule has 26 heavy (non-hydrogen) atoms. The maximum absolute atomic E-state index is 12.9. The smallest absolute Gasteiger partial charge is 0.290 e. The van der Waals surface area contributed by atoms with Crippen molar-refractivity contribution >= 4 is 11.7 Å². The molecule has 1 N–H and O–H groups in total. The zero-order valence-electron chi connectivity index (χ0n) is 14.4. The number of aryl methyl sites for hydroxylation is 2. The third kappa shape index (κ3) is 2.81. The lowest BCUT2D eigenvalue weighted by atomic mass is 10.1. The van der Waals surface area contributed by atoms with Crippen molar-refractivity contribution in [3.8, 4) is 0 Å². The van der Waals surface area contributed by atoms with Crippen molar-refractivity contribution in [1.82, 2.24) is 34.4 Å². The van der Waals surface area contributed by atoms with Crippen LogP contribution in [-0.2, 0) is 7.05 Å². The Balaban J connectivity index is 1.71. The molecule has 0 saturated carbocycles. The highest BCUT2D eigenvalue weighted by Gasteiger charge is 2.24. The molecule has 3 heterocycles. The van der Waals surface area contributed by atoms with Gasteiger partial charge in [-0.05, 0) is 18.6 Å². The van der Waals surface area contributed by atoms with Crippen LogP contribution in [0.5, 0.6) is 0 Å². The van der Waals surface area contributed by atoms with Crippen LogP contribution in [0.25, 0.3) is 5.78 Å². The van der Waals surface area contributed by atoms with Gasteiger partial charge < -0.3 is 9.88 Å². The standard InChI is InChI=1S/C18H17N7O/c1-12-8-10-25-16(22-23-18(25)20-12)17(26)21-14(13-6-4-3-5-7-13)15-19-9-11-24(15)2/h3-11,14H,1-2H3,(H,21,26)/t14-/m0/s1. The summed E-state index contributed by atoms with van der Waals surface area (Å²) in [5.41, 5.74) is 1.74. The molecule has 1 aromatic carbocycles. The SMILES string of the molecule is Cc1ccn2c(C(=O)N[C@@H](c3ccccc3)c3nccn3C)nnc2n1. The molecule has 0 aliphatic carbocycles. The number of hydrogen-bond donors (Lipinski definition) is 1. The molecule has 3 aromatic heterocycles. The van der Waals surface area contributed by atoms with Gasteiger partial charge in [0, 0.05) is 31.3 Å². The molecule has 0 radical (unpaired) electrons. The van der Waals surface area contributed by atoms with Crippen molar-refractivity contribution in [3.05, 3.63) is 77.9 Å². The first-order chi connectivity index (χ1) is 12.6. The largest absolute Gasteiger partial charge is 0.336 e. The summed E-state index contributed by atoms with van der Waals surface area (Å²) in [6.45, 7) is 1.86. The van der Waals surface area contributed by atoms with E-state index in [9.17, 15) is 4.79 Å². The summed E-state index contributed by atoms with van der Waals surface area (Å²) in [4.78, 5) is 21.6. The van der Waals surface area contributed by atoms with E-state index in [4.69, 9.17) is 0 Å². The molecule has 4 aromatic rings. The van der Waals surface area contributed by atoms with Gasteiger partial charge in [-0.1, -0.05) is 30.3 Å². The molecule has 0 unspecified atom stereocenters. The average Bonchev–Trinajstić information content (AvgIpc) is 3.26. The van der Waals surface area contributed by atoms with Crippen LogP contribution in [0.3, 0.4) is 0 Å². The van der Waals surface area contributed by atoms with E-state index in [0.717, 1.165) is 17.1 Å². The van der Waals surface area contributed by atoms with Crippen molar-refractivity contribution in [2.24, 2.45) is 7.05 Å². The number of carbonyl (C=O) groups excluding carboxylic acids is 1. The molecule has 0 saturated heterocycles. The third-order valence-electron chi connectivity index (χ3n) is 4.15. The third-order valence-corrected chi connectivity index (χ3v) is 4.15. The lowest BCUT2D eigenvalue weighted by Gasteiger charge is -2.18. The van der Waals surface area contributed by atoms with Gasteiger partial charge in [-0.2, -0.15) is 0 Å². The summed E-state index contributed by atoms with van der Waals surface area (Å²) in [5.74, 6) is 0.957. The number of nitrogens with one attached hydrogen (secondary N) is 1. The second-order valence-corrected chi connectivity index (χ2v) is 5.98. The number of fused-ring (bicyclic) bond motifs is 1. The highest BCUT2D eigenvalue weighted by Crippen LogP contribution is 2.20. The molecule has 130 valence electrons. The Morgan fingerprint density at radius 2 is 1.92 bits per heavy atom. The summed E-state index contributed by atoms with van der Waals surface area (Å²) in [5, 5.41) is 11.0. The van der Waals surface area contributed by atoms with E-state index in [-0.39, 0.29) is 11.7 Å². The van der Waals surface area contributed by atoms with Crippen molar-refractivity contribution in [2.45, 2.75) is 13.0 Å². The van der Waals surface area contributed by atoms with Crippen LogP contribution in [0, 0.1) is 6.92 Å². The Kier molecular flexibility index (Phi) is 3.92. The number of nitrogens with zero attached hydrogens (tertiary/aromatic N) is 6. The van der Waals surface area contributed by atoms with Crippen molar-refractivity contribution < 1.29 is 4.79 Å². The van der Waals surface area contributed by atoms with Gasteiger partial charge in [-0.3, -0.25) is 9.20 Å². The first-order valence-electron chi connectivity index (χ1n) is 8.15. The lowest BCUT2D eigenvalue weighted by molar-refractivity contribution is 0.0929. The minimum Gasteiger partial charge on any atom is -0.336 e. The van der Waals surface area contributed by atoms with Crippen LogP contribution in [0.4, 0.5) is 0 Å². The van der Waals surface area contributed by atoms with Gasteiger partial charge in [0.1, 0.15) is 11.9 Å². The summed E-state index contributed by atoms with van der Waals surface area (Å²) < 4.78 is 3.45. The number of carbonyl (C=O) groups is 1. The minimum atomic E-state index is -0.408. The van der Waals surface area contributed by atoms with Crippen molar-refractivity contribution in [2.75, 3.05) is 0 Å². The monoisotopic (exact) mass is 347 g/mol. The average molecular weight is 347 g/mol. The predicted octanol–water partition coefficient (Wildman–Crippen LogP) is 1.69. The molecule has 0 fully saturated rings. The Morgan fingerprint density at radius 1 is 1.12 bits per heavy atom. The second kappa shape index (κ2) is 6.40. The zero-order chi connectivity index (χ0) is 18.1. The molecule has 8 heteroatoms. The molecule has 0 bridgehead atoms. The zero-order valence-corrected chi connectivity index (χ0v) is 14.4. The lowest BCUT2D eigenvalue weighted by Crippen LogP contribution is -2.32. The number of amides is 1. The molecule has 8 nitrogen and oxygen atoms in total. The van der Waals surface area contributed by atoms with Crippen LogP contribution in [0.1, 0.15) is 33.7 Å². The van der Waals surface area contributed by atoms with E-state index in [0.29, 0.717) is 5.78 Å². The van der Waals surface area contributed by atoms with E-state index >= 15 is 0 Å². The second-order valence-electron chi connectivity index (χ2n) is 5.98. The molecule has 0 aliphatic rings. The molecule has 1 amide bonds. The predicted molar refractivity (Wildman–Crippen MR) is 94.5 cm³/mol. The summed E-state index contributed by atoms with van der Waals surface area (Å²) in [7, 11) is 1.89. The number of rotatable bonds is 4. The molecule has 0 aliphatic heterocycles. The normalized spacial score (nSPS) is 12.2. The van der Waals surface area contributed by atoms with Gasteiger partial charge in [-0.25, -0.2) is 9.97 Å². The highest BCUT2D eigenvalue weighted by molar-refractivity contribution is 5.91. The van der Waals surface area contributed by atoms with Gasteiger partial charge in [-0.15, -0.1) is 10.2 Å². The van der Waals surface area contributed by atoms with E-state index in [2.05, 4.69) is 25.5 Å². The van der Waals surface area contributed by atoms with Gasteiger partial charge in [0.2, 0.25) is 5.82 Å². The molecule has 4 rings (SSSR count). The van der Waals surface area contributed by atoms with Gasteiger partial charge >= 0.3 is 0 Å².